The van der Waals surface area contributed by atoms with Crippen molar-refractivity contribution < 1.29 is 14.3 Å². The summed E-state index contributed by atoms with van der Waals surface area (Å²) in [5.41, 5.74) is 2.28. The van der Waals surface area contributed by atoms with Gasteiger partial charge in [0.2, 0.25) is 0 Å². The van der Waals surface area contributed by atoms with Gasteiger partial charge >= 0.3 is 11.9 Å². The van der Waals surface area contributed by atoms with Gasteiger partial charge in [-0.25, -0.2) is 4.79 Å². The van der Waals surface area contributed by atoms with Crippen molar-refractivity contribution in [2.45, 2.75) is 13.5 Å². The maximum atomic E-state index is 12.1. The highest BCUT2D eigenvalue weighted by molar-refractivity contribution is 6.32. The lowest BCUT2D eigenvalue weighted by molar-refractivity contribution is -0.159. The molecule has 124 valence electrons. The fraction of sp³-hybridized carbons (Fsp3) is 0.222. The highest BCUT2D eigenvalue weighted by Crippen LogP contribution is 2.15. The maximum Gasteiger partial charge on any atom is 0.397 e. The summed E-state index contributed by atoms with van der Waals surface area (Å²) in [4.78, 5) is 25.0. The fourth-order valence-electron chi connectivity index (χ4n) is 2.10. The molecule has 0 aliphatic carbocycles. The summed E-state index contributed by atoms with van der Waals surface area (Å²) in [6.45, 7) is 5.78. The van der Waals surface area contributed by atoms with E-state index in [9.17, 15) is 9.59 Å². The number of rotatable bonds is 6. The van der Waals surface area contributed by atoms with Crippen molar-refractivity contribution in [3.05, 3.63) is 60.8 Å². The molecule has 1 heterocycles. The summed E-state index contributed by atoms with van der Waals surface area (Å²) in [6, 6.07) is 13.3. The van der Waals surface area contributed by atoms with Gasteiger partial charge in [0.15, 0.2) is 0 Å². The molecule has 0 fully saturated rings. The number of hydrogen-bond acceptors (Lipinski definition) is 5. The van der Waals surface area contributed by atoms with Crippen LogP contribution in [0.25, 0.3) is 11.3 Å². The van der Waals surface area contributed by atoms with Crippen molar-refractivity contribution in [1.29, 1.82) is 0 Å². The number of carbonyl (C=O) groups excluding carboxylic acids is 2. The number of nitrogens with zero attached hydrogens (tertiary/aromatic N) is 3. The van der Waals surface area contributed by atoms with E-state index in [2.05, 4.69) is 16.8 Å². The highest BCUT2D eigenvalue weighted by atomic mass is 16.5. The molecular formula is C18H19N3O3. The molecule has 0 spiro atoms. The second-order valence-corrected chi connectivity index (χ2v) is 4.97. The molecule has 0 N–H and O–H groups in total. The van der Waals surface area contributed by atoms with Gasteiger partial charge in [-0.2, -0.15) is 10.2 Å². The van der Waals surface area contributed by atoms with Crippen molar-refractivity contribution >= 4 is 11.9 Å². The molecule has 1 amide bonds. The molecule has 2 aromatic rings. The molecule has 0 radical (unpaired) electrons. The molecule has 6 heteroatoms. The largest absolute Gasteiger partial charge is 0.459 e. The van der Waals surface area contributed by atoms with E-state index in [4.69, 9.17) is 4.74 Å². The van der Waals surface area contributed by atoms with Crippen LogP contribution in [0.1, 0.15) is 12.6 Å². The lowest BCUT2D eigenvalue weighted by Crippen LogP contribution is -2.37. The molecule has 0 saturated carbocycles. The Balaban J connectivity index is 2.11. The Morgan fingerprint density at radius 2 is 1.92 bits per heavy atom. The van der Waals surface area contributed by atoms with Gasteiger partial charge in [0.1, 0.15) is 0 Å². The number of hydrogen-bond donors (Lipinski definition) is 0. The number of aromatic nitrogens is 2. The molecule has 2 rings (SSSR count). The van der Waals surface area contributed by atoms with Crippen LogP contribution in [0.4, 0.5) is 0 Å². The number of carbonyl (C=O) groups is 2. The van der Waals surface area contributed by atoms with E-state index in [0.29, 0.717) is 5.69 Å². The van der Waals surface area contributed by atoms with Gasteiger partial charge < -0.3 is 9.64 Å². The third-order valence-electron chi connectivity index (χ3n) is 3.23. The molecule has 1 aromatic carbocycles. The molecule has 6 nitrogen and oxygen atoms in total. The number of esters is 1. The van der Waals surface area contributed by atoms with E-state index in [1.165, 1.54) is 4.90 Å². The third-order valence-corrected chi connectivity index (χ3v) is 3.23. The van der Waals surface area contributed by atoms with E-state index < -0.39 is 11.9 Å². The Hall–Kier alpha value is -3.02. The molecule has 0 aliphatic rings. The van der Waals surface area contributed by atoms with Crippen LogP contribution in [0.3, 0.4) is 0 Å². The first-order valence-electron chi connectivity index (χ1n) is 7.60. The minimum absolute atomic E-state index is 0.151. The van der Waals surface area contributed by atoms with Crippen LogP contribution in [0.2, 0.25) is 0 Å². The fourth-order valence-corrected chi connectivity index (χ4v) is 2.10. The normalized spacial score (nSPS) is 10.0. The van der Waals surface area contributed by atoms with Crippen LogP contribution >= 0.6 is 0 Å². The van der Waals surface area contributed by atoms with Gasteiger partial charge in [-0.1, -0.05) is 36.4 Å². The van der Waals surface area contributed by atoms with Crippen LogP contribution in [0.5, 0.6) is 0 Å². The van der Waals surface area contributed by atoms with Gasteiger partial charge in [0.05, 0.1) is 24.5 Å². The van der Waals surface area contributed by atoms with Crippen LogP contribution in [0, 0.1) is 0 Å². The lowest BCUT2D eigenvalue weighted by Gasteiger charge is -2.19. The van der Waals surface area contributed by atoms with Crippen LogP contribution in [0.15, 0.2) is 55.1 Å². The lowest BCUT2D eigenvalue weighted by atomic mass is 10.1. The highest BCUT2D eigenvalue weighted by Gasteiger charge is 2.22. The summed E-state index contributed by atoms with van der Waals surface area (Å²) in [5.74, 6) is -1.60. The average Bonchev–Trinajstić information content (AvgIpc) is 2.62. The molecule has 0 bridgehead atoms. The Morgan fingerprint density at radius 3 is 2.50 bits per heavy atom. The predicted octanol–water partition coefficient (Wildman–Crippen LogP) is 2.22. The first kappa shape index (κ1) is 17.3. The van der Waals surface area contributed by atoms with Crippen molar-refractivity contribution in [3.8, 4) is 11.3 Å². The summed E-state index contributed by atoms with van der Waals surface area (Å²) >= 11 is 0. The van der Waals surface area contributed by atoms with Crippen LogP contribution in [-0.4, -0.2) is 40.1 Å². The quantitative estimate of drug-likeness (QED) is 0.462. The molecule has 0 unspecified atom stereocenters. The topological polar surface area (TPSA) is 72.4 Å². The minimum atomic E-state index is -0.881. The first-order chi connectivity index (χ1) is 11.7. The van der Waals surface area contributed by atoms with Crippen molar-refractivity contribution in [2.75, 3.05) is 13.2 Å². The molecule has 0 saturated heterocycles. The SMILES string of the molecule is C=CCN(Cc1ccc(-c2ccccc2)nn1)C(=O)C(=O)OCC. The van der Waals surface area contributed by atoms with Crippen molar-refractivity contribution in [1.82, 2.24) is 15.1 Å². The Morgan fingerprint density at radius 1 is 1.17 bits per heavy atom. The Bertz CT molecular complexity index is 699. The Labute approximate surface area is 140 Å². The Kier molecular flexibility index (Phi) is 6.19. The smallest absolute Gasteiger partial charge is 0.397 e. The van der Waals surface area contributed by atoms with Crippen LogP contribution in [-0.2, 0) is 20.9 Å². The zero-order valence-electron chi connectivity index (χ0n) is 13.5. The second-order valence-electron chi connectivity index (χ2n) is 4.97. The van der Waals surface area contributed by atoms with Crippen molar-refractivity contribution in [3.63, 3.8) is 0 Å². The number of ether oxygens (including phenoxy) is 1. The van der Waals surface area contributed by atoms with E-state index in [1.807, 2.05) is 36.4 Å². The molecule has 1 aromatic heterocycles. The van der Waals surface area contributed by atoms with Gasteiger partial charge in [0.25, 0.3) is 0 Å². The zero-order valence-corrected chi connectivity index (χ0v) is 13.5. The molecular weight excluding hydrogens is 306 g/mol. The monoisotopic (exact) mass is 325 g/mol. The second kappa shape index (κ2) is 8.57. The van der Waals surface area contributed by atoms with E-state index in [0.717, 1.165) is 11.3 Å². The van der Waals surface area contributed by atoms with Crippen molar-refractivity contribution in [2.24, 2.45) is 0 Å². The number of amides is 1. The van der Waals surface area contributed by atoms with Gasteiger partial charge in [0, 0.05) is 12.1 Å². The summed E-state index contributed by atoms with van der Waals surface area (Å²) in [5, 5.41) is 8.31. The van der Waals surface area contributed by atoms with Crippen LogP contribution < -0.4 is 0 Å². The zero-order chi connectivity index (χ0) is 17.4. The average molecular weight is 325 g/mol. The van der Waals surface area contributed by atoms with E-state index in [-0.39, 0.29) is 19.7 Å². The maximum absolute atomic E-state index is 12.1. The van der Waals surface area contributed by atoms with E-state index in [1.54, 1.807) is 19.1 Å². The summed E-state index contributed by atoms with van der Waals surface area (Å²) in [6.07, 6.45) is 1.54. The molecule has 24 heavy (non-hydrogen) atoms. The standard InChI is InChI=1S/C18H19N3O3/c1-3-12-21(17(22)18(23)24-4-2)13-15-10-11-16(20-19-15)14-8-6-5-7-9-14/h3,5-11H,1,4,12-13H2,2H3. The number of benzene rings is 1. The van der Waals surface area contributed by atoms with Gasteiger partial charge in [-0.15, -0.1) is 6.58 Å². The molecule has 0 aliphatic heterocycles. The predicted molar refractivity (Wildman–Crippen MR) is 89.7 cm³/mol. The van der Waals surface area contributed by atoms with Gasteiger partial charge in [-0.3, -0.25) is 4.79 Å². The molecule has 0 atom stereocenters. The summed E-state index contributed by atoms with van der Waals surface area (Å²) < 4.78 is 4.75. The first-order valence-corrected chi connectivity index (χ1v) is 7.60. The van der Waals surface area contributed by atoms with Gasteiger partial charge in [-0.05, 0) is 19.1 Å². The summed E-state index contributed by atoms with van der Waals surface area (Å²) in [7, 11) is 0. The minimum Gasteiger partial charge on any atom is -0.459 e. The van der Waals surface area contributed by atoms with E-state index >= 15 is 0 Å². The third kappa shape index (κ3) is 4.49.